The van der Waals surface area contributed by atoms with Crippen LogP contribution in [-0.4, -0.2) is 38.1 Å². The third kappa shape index (κ3) is 7.34. The highest BCUT2D eigenvalue weighted by Crippen LogP contribution is 2.04. The minimum absolute atomic E-state index is 0.659. The largest absolute Gasteiger partial charge is 0.317 e. The van der Waals surface area contributed by atoms with Gasteiger partial charge in [0.1, 0.15) is 0 Å². The lowest BCUT2D eigenvalue weighted by Gasteiger charge is -2.21. The second kappa shape index (κ2) is 8.25. The first kappa shape index (κ1) is 13.9. The maximum Gasteiger partial charge on any atom is 0.00362 e. The molecule has 0 fully saturated rings. The molecule has 2 unspecified atom stereocenters. The van der Waals surface area contributed by atoms with Gasteiger partial charge < -0.3 is 10.2 Å². The molecule has 2 nitrogen and oxygen atoms in total. The lowest BCUT2D eigenvalue weighted by Crippen LogP contribution is -2.27. The average Bonchev–Trinajstić information content (AvgIpc) is 2.17. The first-order valence-corrected chi connectivity index (χ1v) is 5.95. The van der Waals surface area contributed by atoms with E-state index in [1.54, 1.807) is 0 Å². The van der Waals surface area contributed by atoms with Crippen LogP contribution in [0.3, 0.4) is 0 Å². The van der Waals surface area contributed by atoms with E-state index in [9.17, 15) is 0 Å². The van der Waals surface area contributed by atoms with Crippen LogP contribution in [0.5, 0.6) is 0 Å². The second-order valence-corrected chi connectivity index (χ2v) is 4.61. The van der Waals surface area contributed by atoms with Crippen molar-refractivity contribution in [1.29, 1.82) is 0 Å². The van der Waals surface area contributed by atoms with Crippen molar-refractivity contribution in [1.82, 2.24) is 10.2 Å². The fourth-order valence-electron chi connectivity index (χ4n) is 1.56. The lowest BCUT2D eigenvalue weighted by atomic mass is 10.1. The molecule has 0 radical (unpaired) electrons. The molecule has 0 saturated heterocycles. The van der Waals surface area contributed by atoms with Crippen molar-refractivity contribution in [3.63, 3.8) is 0 Å². The summed E-state index contributed by atoms with van der Waals surface area (Å²) in [6.07, 6.45) is 3.87. The molecule has 2 atom stereocenters. The van der Waals surface area contributed by atoms with Crippen LogP contribution >= 0.6 is 0 Å². The van der Waals surface area contributed by atoms with Crippen LogP contribution in [0.4, 0.5) is 0 Å². The Hall–Kier alpha value is -0.0800. The van der Waals surface area contributed by atoms with Gasteiger partial charge in [0.15, 0.2) is 0 Å². The maximum atomic E-state index is 3.27. The molecule has 0 aromatic carbocycles. The van der Waals surface area contributed by atoms with Gasteiger partial charge in [0.25, 0.3) is 0 Å². The van der Waals surface area contributed by atoms with Crippen molar-refractivity contribution in [2.45, 2.75) is 46.1 Å². The Kier molecular flexibility index (Phi) is 8.20. The highest BCUT2D eigenvalue weighted by molar-refractivity contribution is 4.61. The van der Waals surface area contributed by atoms with Gasteiger partial charge in [-0.1, -0.05) is 20.3 Å². The van der Waals surface area contributed by atoms with Crippen molar-refractivity contribution in [3.8, 4) is 0 Å². The van der Waals surface area contributed by atoms with Crippen LogP contribution in [0, 0.1) is 5.92 Å². The van der Waals surface area contributed by atoms with Gasteiger partial charge >= 0.3 is 0 Å². The molecule has 1 N–H and O–H groups in total. The van der Waals surface area contributed by atoms with Gasteiger partial charge in [-0.05, 0) is 46.3 Å². The lowest BCUT2D eigenvalue weighted by molar-refractivity contribution is 0.273. The molecular weight excluding hydrogens is 172 g/mol. The molecular formula is C12H28N2. The molecule has 0 bridgehead atoms. The van der Waals surface area contributed by atoms with Gasteiger partial charge in [-0.25, -0.2) is 0 Å². The molecule has 0 heterocycles. The molecule has 2 heteroatoms. The van der Waals surface area contributed by atoms with E-state index in [4.69, 9.17) is 0 Å². The minimum Gasteiger partial charge on any atom is -0.317 e. The van der Waals surface area contributed by atoms with E-state index in [1.165, 1.54) is 32.4 Å². The summed E-state index contributed by atoms with van der Waals surface area (Å²) in [7, 11) is 4.27. The molecule has 0 saturated carbocycles. The maximum absolute atomic E-state index is 3.27. The molecule has 0 aliphatic rings. The third-order valence-corrected chi connectivity index (χ3v) is 2.99. The van der Waals surface area contributed by atoms with E-state index >= 15 is 0 Å². The standard InChI is InChI=1S/C12H28N2/c1-6-11(2)10-14(5)9-7-8-12(3)13-4/h11-13H,6-10H2,1-5H3. The fraction of sp³-hybridized carbons (Fsp3) is 1.00. The summed E-state index contributed by atoms with van der Waals surface area (Å²) in [6, 6.07) is 0.659. The highest BCUT2D eigenvalue weighted by Gasteiger charge is 2.04. The van der Waals surface area contributed by atoms with Gasteiger partial charge in [-0.2, -0.15) is 0 Å². The second-order valence-electron chi connectivity index (χ2n) is 4.61. The Bertz CT molecular complexity index is 125. The van der Waals surface area contributed by atoms with Gasteiger partial charge in [-0.3, -0.25) is 0 Å². The van der Waals surface area contributed by atoms with Crippen LogP contribution in [-0.2, 0) is 0 Å². The highest BCUT2D eigenvalue weighted by atomic mass is 15.1. The zero-order valence-corrected chi connectivity index (χ0v) is 10.6. The van der Waals surface area contributed by atoms with Crippen molar-refractivity contribution < 1.29 is 0 Å². The number of hydrogen-bond donors (Lipinski definition) is 1. The summed E-state index contributed by atoms with van der Waals surface area (Å²) in [5.41, 5.74) is 0. The summed E-state index contributed by atoms with van der Waals surface area (Å²) < 4.78 is 0. The fourth-order valence-corrected chi connectivity index (χ4v) is 1.56. The van der Waals surface area contributed by atoms with E-state index in [0.717, 1.165) is 5.92 Å². The molecule has 0 rings (SSSR count). The Morgan fingerprint density at radius 1 is 1.29 bits per heavy atom. The number of rotatable bonds is 8. The van der Waals surface area contributed by atoms with Crippen molar-refractivity contribution in [2.75, 3.05) is 27.2 Å². The Balaban J connectivity index is 3.39. The predicted molar refractivity (Wildman–Crippen MR) is 64.7 cm³/mol. The van der Waals surface area contributed by atoms with Crippen molar-refractivity contribution in [3.05, 3.63) is 0 Å². The molecule has 0 aromatic heterocycles. The SMILES string of the molecule is CCC(C)CN(C)CCCC(C)NC. The molecule has 0 aliphatic heterocycles. The molecule has 86 valence electrons. The van der Waals surface area contributed by atoms with Crippen LogP contribution in [0.1, 0.15) is 40.0 Å². The quantitative estimate of drug-likeness (QED) is 0.647. The number of nitrogens with zero attached hydrogens (tertiary/aromatic N) is 1. The van der Waals surface area contributed by atoms with E-state index in [2.05, 4.69) is 38.0 Å². The summed E-state index contributed by atoms with van der Waals surface area (Å²) in [6.45, 7) is 9.31. The Labute approximate surface area is 90.1 Å². The van der Waals surface area contributed by atoms with Crippen LogP contribution in [0.25, 0.3) is 0 Å². The molecule has 14 heavy (non-hydrogen) atoms. The number of hydrogen-bond acceptors (Lipinski definition) is 2. The zero-order valence-electron chi connectivity index (χ0n) is 10.6. The zero-order chi connectivity index (χ0) is 11.0. The minimum atomic E-state index is 0.659. The molecule has 0 aromatic rings. The third-order valence-electron chi connectivity index (χ3n) is 2.99. The van der Waals surface area contributed by atoms with Gasteiger partial charge in [0.2, 0.25) is 0 Å². The van der Waals surface area contributed by atoms with Gasteiger partial charge in [-0.15, -0.1) is 0 Å². The van der Waals surface area contributed by atoms with E-state index in [1.807, 2.05) is 7.05 Å². The first-order chi connectivity index (χ1) is 6.60. The topological polar surface area (TPSA) is 15.3 Å². The average molecular weight is 200 g/mol. The Morgan fingerprint density at radius 2 is 1.93 bits per heavy atom. The van der Waals surface area contributed by atoms with Crippen molar-refractivity contribution in [2.24, 2.45) is 5.92 Å². The predicted octanol–water partition coefficient (Wildman–Crippen LogP) is 2.35. The van der Waals surface area contributed by atoms with E-state index in [0.29, 0.717) is 6.04 Å². The summed E-state index contributed by atoms with van der Waals surface area (Å²) in [5.74, 6) is 0.835. The van der Waals surface area contributed by atoms with Gasteiger partial charge in [0, 0.05) is 12.6 Å². The van der Waals surface area contributed by atoms with E-state index in [-0.39, 0.29) is 0 Å². The monoisotopic (exact) mass is 200 g/mol. The number of nitrogens with one attached hydrogen (secondary N) is 1. The molecule has 0 spiro atoms. The summed E-state index contributed by atoms with van der Waals surface area (Å²) in [5, 5.41) is 3.27. The van der Waals surface area contributed by atoms with E-state index < -0.39 is 0 Å². The van der Waals surface area contributed by atoms with Crippen molar-refractivity contribution >= 4 is 0 Å². The van der Waals surface area contributed by atoms with Crippen LogP contribution in [0.15, 0.2) is 0 Å². The van der Waals surface area contributed by atoms with Crippen LogP contribution in [0.2, 0.25) is 0 Å². The molecule has 0 amide bonds. The Morgan fingerprint density at radius 3 is 2.43 bits per heavy atom. The normalized spacial score (nSPS) is 15.9. The molecule has 0 aliphatic carbocycles. The summed E-state index contributed by atoms with van der Waals surface area (Å²) >= 11 is 0. The van der Waals surface area contributed by atoms with Crippen LogP contribution < -0.4 is 5.32 Å². The summed E-state index contributed by atoms with van der Waals surface area (Å²) in [4.78, 5) is 2.45. The first-order valence-electron chi connectivity index (χ1n) is 5.95. The smallest absolute Gasteiger partial charge is 0.00362 e. The van der Waals surface area contributed by atoms with Gasteiger partial charge in [0.05, 0.1) is 0 Å².